The lowest BCUT2D eigenvalue weighted by molar-refractivity contribution is 0.0706. The maximum atomic E-state index is 12.9. The van der Waals surface area contributed by atoms with Crippen molar-refractivity contribution in [1.29, 1.82) is 0 Å². The van der Waals surface area contributed by atoms with Gasteiger partial charge < -0.3 is 4.90 Å². The molecule has 3 heterocycles. The summed E-state index contributed by atoms with van der Waals surface area (Å²) in [5.74, 6) is 1.86. The summed E-state index contributed by atoms with van der Waals surface area (Å²) in [4.78, 5) is 27.6. The second-order valence-electron chi connectivity index (χ2n) is 6.91. The van der Waals surface area contributed by atoms with Crippen molar-refractivity contribution < 1.29 is 4.79 Å². The van der Waals surface area contributed by atoms with E-state index in [2.05, 4.69) is 20.1 Å². The fraction of sp³-hybridized carbons (Fsp3) is 0.350. The van der Waals surface area contributed by atoms with Crippen molar-refractivity contribution in [3.05, 3.63) is 59.9 Å². The van der Waals surface area contributed by atoms with Crippen LogP contribution in [0.4, 0.5) is 0 Å². The maximum Gasteiger partial charge on any atom is 0.253 e. The normalized spacial score (nSPS) is 17.1. The van der Waals surface area contributed by atoms with Crippen molar-refractivity contribution in [2.75, 3.05) is 13.1 Å². The van der Waals surface area contributed by atoms with Crippen LogP contribution in [0, 0.1) is 6.92 Å². The van der Waals surface area contributed by atoms with Crippen LogP contribution in [0.3, 0.4) is 0 Å². The van der Waals surface area contributed by atoms with Crippen molar-refractivity contribution in [1.82, 2.24) is 29.6 Å². The smallest absolute Gasteiger partial charge is 0.253 e. The third-order valence-corrected chi connectivity index (χ3v) is 5.10. The number of aromatic nitrogens is 5. The SMILES string of the molecule is Cc1nc(-c2ccc(C(=O)N3CCCC(c4ccncn4)C3)cc2)nn1C. The number of aryl methyl sites for hydroxylation is 2. The Labute approximate surface area is 158 Å². The molecule has 0 spiro atoms. The molecular weight excluding hydrogens is 340 g/mol. The molecule has 7 heteroatoms. The standard InChI is InChI=1S/C20H22N6O/c1-14-23-19(24-25(14)2)15-5-7-16(8-6-15)20(27)26-11-3-4-17(12-26)18-9-10-21-13-22-18/h5-10,13,17H,3-4,11-12H2,1-2H3. The predicted octanol–water partition coefficient (Wildman–Crippen LogP) is 2.60. The van der Waals surface area contributed by atoms with Gasteiger partial charge in [-0.2, -0.15) is 5.10 Å². The second-order valence-corrected chi connectivity index (χ2v) is 6.91. The van der Waals surface area contributed by atoms with Crippen molar-refractivity contribution in [3.63, 3.8) is 0 Å². The van der Waals surface area contributed by atoms with Crippen molar-refractivity contribution in [2.45, 2.75) is 25.7 Å². The number of likely N-dealkylation sites (tertiary alicyclic amines) is 1. The van der Waals surface area contributed by atoms with Crippen LogP contribution in [0.2, 0.25) is 0 Å². The van der Waals surface area contributed by atoms with E-state index < -0.39 is 0 Å². The second kappa shape index (κ2) is 7.26. The third-order valence-electron chi connectivity index (χ3n) is 5.10. The lowest BCUT2D eigenvalue weighted by Gasteiger charge is -2.32. The number of benzene rings is 1. The van der Waals surface area contributed by atoms with Crippen LogP contribution in [0.1, 0.15) is 40.6 Å². The number of carbonyl (C=O) groups is 1. The van der Waals surface area contributed by atoms with Crippen LogP contribution >= 0.6 is 0 Å². The Morgan fingerprint density at radius 3 is 2.67 bits per heavy atom. The molecule has 27 heavy (non-hydrogen) atoms. The monoisotopic (exact) mass is 362 g/mol. The first-order chi connectivity index (χ1) is 13.1. The number of nitrogens with zero attached hydrogens (tertiary/aromatic N) is 6. The lowest BCUT2D eigenvalue weighted by Crippen LogP contribution is -2.39. The Morgan fingerprint density at radius 2 is 2.00 bits per heavy atom. The van der Waals surface area contributed by atoms with Crippen molar-refractivity contribution in [2.24, 2.45) is 7.05 Å². The average molecular weight is 362 g/mol. The van der Waals surface area contributed by atoms with E-state index >= 15 is 0 Å². The molecule has 138 valence electrons. The van der Waals surface area contributed by atoms with E-state index in [0.29, 0.717) is 17.9 Å². The molecule has 1 aliphatic rings. The van der Waals surface area contributed by atoms with E-state index in [4.69, 9.17) is 0 Å². The van der Waals surface area contributed by atoms with Crippen LogP contribution < -0.4 is 0 Å². The quantitative estimate of drug-likeness (QED) is 0.716. The minimum atomic E-state index is 0.0606. The summed E-state index contributed by atoms with van der Waals surface area (Å²) < 4.78 is 1.75. The van der Waals surface area contributed by atoms with Gasteiger partial charge >= 0.3 is 0 Å². The van der Waals surface area contributed by atoms with Gasteiger partial charge in [-0.25, -0.2) is 15.0 Å². The highest BCUT2D eigenvalue weighted by molar-refractivity contribution is 5.94. The molecular formula is C20H22N6O. The highest BCUT2D eigenvalue weighted by Gasteiger charge is 2.26. The Bertz CT molecular complexity index is 915. The van der Waals surface area contributed by atoms with Gasteiger partial charge in [-0.1, -0.05) is 12.1 Å². The molecule has 0 saturated carbocycles. The number of piperidine rings is 1. The van der Waals surface area contributed by atoms with E-state index in [-0.39, 0.29) is 11.8 Å². The van der Waals surface area contributed by atoms with Crippen molar-refractivity contribution >= 4 is 5.91 Å². The molecule has 1 saturated heterocycles. The molecule has 1 fully saturated rings. The maximum absolute atomic E-state index is 12.9. The Morgan fingerprint density at radius 1 is 1.19 bits per heavy atom. The molecule has 2 aromatic heterocycles. The molecule has 0 aliphatic carbocycles. The zero-order valence-electron chi connectivity index (χ0n) is 15.5. The number of amides is 1. The summed E-state index contributed by atoms with van der Waals surface area (Å²) in [5, 5.41) is 4.39. The highest BCUT2D eigenvalue weighted by atomic mass is 16.2. The molecule has 1 amide bonds. The number of carbonyl (C=O) groups excluding carboxylic acids is 1. The molecule has 0 N–H and O–H groups in total. The van der Waals surface area contributed by atoms with Crippen LogP contribution in [0.5, 0.6) is 0 Å². The highest BCUT2D eigenvalue weighted by Crippen LogP contribution is 2.26. The summed E-state index contributed by atoms with van der Waals surface area (Å²) in [5.41, 5.74) is 2.61. The van der Waals surface area contributed by atoms with Gasteiger partial charge in [0.15, 0.2) is 5.82 Å². The number of hydrogen-bond acceptors (Lipinski definition) is 5. The van der Waals surface area contributed by atoms with Gasteiger partial charge in [0.2, 0.25) is 0 Å². The van der Waals surface area contributed by atoms with Crippen LogP contribution in [-0.2, 0) is 7.05 Å². The minimum absolute atomic E-state index is 0.0606. The topological polar surface area (TPSA) is 76.8 Å². The first-order valence-electron chi connectivity index (χ1n) is 9.15. The third kappa shape index (κ3) is 3.58. The summed E-state index contributed by atoms with van der Waals surface area (Å²) in [6, 6.07) is 9.48. The van der Waals surface area contributed by atoms with E-state index in [1.165, 1.54) is 0 Å². The number of hydrogen-bond donors (Lipinski definition) is 0. The van der Waals surface area contributed by atoms with Crippen LogP contribution in [0.15, 0.2) is 42.9 Å². The van der Waals surface area contributed by atoms with Gasteiger partial charge in [0.1, 0.15) is 12.2 Å². The molecule has 1 unspecified atom stereocenters. The first-order valence-corrected chi connectivity index (χ1v) is 9.15. The predicted molar refractivity (Wildman–Crippen MR) is 101 cm³/mol. The molecule has 7 nitrogen and oxygen atoms in total. The van der Waals surface area contributed by atoms with Crippen LogP contribution in [0.25, 0.3) is 11.4 Å². The van der Waals surface area contributed by atoms with Gasteiger partial charge in [-0.15, -0.1) is 0 Å². The van der Waals surface area contributed by atoms with Gasteiger partial charge in [-0.3, -0.25) is 9.48 Å². The zero-order chi connectivity index (χ0) is 18.8. The minimum Gasteiger partial charge on any atom is -0.338 e. The average Bonchev–Trinajstić information content (AvgIpc) is 3.07. The van der Waals surface area contributed by atoms with Crippen molar-refractivity contribution in [3.8, 4) is 11.4 Å². The lowest BCUT2D eigenvalue weighted by atomic mass is 9.94. The fourth-order valence-electron chi connectivity index (χ4n) is 3.47. The van der Waals surface area contributed by atoms with E-state index in [0.717, 1.165) is 36.5 Å². The van der Waals surface area contributed by atoms with Gasteiger partial charge in [0.25, 0.3) is 5.91 Å². The van der Waals surface area contributed by atoms with Gasteiger partial charge in [0, 0.05) is 49.1 Å². The van der Waals surface area contributed by atoms with E-state index in [9.17, 15) is 4.79 Å². The summed E-state index contributed by atoms with van der Waals surface area (Å²) in [6.07, 6.45) is 5.36. The Kier molecular flexibility index (Phi) is 4.66. The molecule has 3 aromatic rings. The Hall–Kier alpha value is -3.09. The summed E-state index contributed by atoms with van der Waals surface area (Å²) in [6.45, 7) is 3.39. The zero-order valence-corrected chi connectivity index (χ0v) is 15.5. The van der Waals surface area contributed by atoms with Gasteiger partial charge in [-0.05, 0) is 38.0 Å². The molecule has 1 atom stereocenters. The summed E-state index contributed by atoms with van der Waals surface area (Å²) in [7, 11) is 1.87. The number of rotatable bonds is 3. The first kappa shape index (κ1) is 17.3. The van der Waals surface area contributed by atoms with Gasteiger partial charge in [0.05, 0.1) is 0 Å². The van der Waals surface area contributed by atoms with E-state index in [1.54, 1.807) is 17.2 Å². The molecule has 0 radical (unpaired) electrons. The molecule has 0 bridgehead atoms. The largest absolute Gasteiger partial charge is 0.338 e. The molecule has 1 aromatic carbocycles. The van der Waals surface area contributed by atoms with Crippen LogP contribution in [-0.4, -0.2) is 48.6 Å². The van der Waals surface area contributed by atoms with E-state index in [1.807, 2.05) is 49.2 Å². The summed E-state index contributed by atoms with van der Waals surface area (Å²) >= 11 is 0. The molecule has 4 rings (SSSR count). The fourth-order valence-corrected chi connectivity index (χ4v) is 3.47. The Balaban J connectivity index is 1.49. The molecule has 1 aliphatic heterocycles.